The zero-order valence-corrected chi connectivity index (χ0v) is 13.2. The zero-order chi connectivity index (χ0) is 16.4. The van der Waals surface area contributed by atoms with Crippen molar-refractivity contribution in [2.75, 3.05) is 0 Å². The van der Waals surface area contributed by atoms with Gasteiger partial charge in [0.15, 0.2) is 0 Å². The first-order chi connectivity index (χ1) is 9.58. The van der Waals surface area contributed by atoms with Gasteiger partial charge in [-0.3, -0.25) is 19.9 Å². The highest BCUT2D eigenvalue weighted by molar-refractivity contribution is 7.99. The van der Waals surface area contributed by atoms with Gasteiger partial charge in [0.1, 0.15) is 6.04 Å². The Balaban J connectivity index is 2.98. The number of hydrogen-bond donors (Lipinski definition) is 2. The highest BCUT2D eigenvalue weighted by atomic mass is 32.2. The minimum atomic E-state index is -1.08. The molecule has 1 heterocycles. The molecule has 0 amide bonds. The molecule has 21 heavy (non-hydrogen) atoms. The molecular weight excluding hydrogens is 294 g/mol. The summed E-state index contributed by atoms with van der Waals surface area (Å²) < 4.78 is -0.709. The van der Waals surface area contributed by atoms with E-state index in [4.69, 9.17) is 10.8 Å². The fraction of sp³-hybridized carbons (Fsp3) is 0.538. The van der Waals surface area contributed by atoms with Crippen LogP contribution in [-0.2, 0) is 10.5 Å². The van der Waals surface area contributed by atoms with Crippen molar-refractivity contribution in [1.29, 1.82) is 0 Å². The lowest BCUT2D eigenvalue weighted by atomic mass is 10.1. The number of carboxylic acid groups (broad SMARTS) is 1. The Labute approximate surface area is 127 Å². The number of nitro groups is 1. The predicted octanol–water partition coefficient (Wildman–Crippen LogP) is 2.03. The van der Waals surface area contributed by atoms with Crippen LogP contribution in [0.3, 0.4) is 0 Å². The first-order valence-corrected chi connectivity index (χ1v) is 7.28. The summed E-state index contributed by atoms with van der Waals surface area (Å²) in [6.07, 6.45) is 1.46. The van der Waals surface area contributed by atoms with Crippen LogP contribution in [0.15, 0.2) is 6.20 Å². The van der Waals surface area contributed by atoms with Gasteiger partial charge < -0.3 is 10.8 Å². The molecule has 0 aliphatic heterocycles. The first kappa shape index (κ1) is 17.4. The quantitative estimate of drug-likeness (QED) is 0.609. The van der Waals surface area contributed by atoms with Gasteiger partial charge in [0.05, 0.1) is 10.6 Å². The molecule has 7 nitrogen and oxygen atoms in total. The molecule has 0 fully saturated rings. The summed E-state index contributed by atoms with van der Waals surface area (Å²) in [5, 5.41) is 20.0. The van der Waals surface area contributed by atoms with E-state index in [0.29, 0.717) is 22.6 Å². The summed E-state index contributed by atoms with van der Waals surface area (Å²) in [5.41, 5.74) is 7.29. The molecule has 0 radical (unpaired) electrons. The minimum absolute atomic E-state index is 0.0564. The molecule has 116 valence electrons. The molecule has 8 heteroatoms. The van der Waals surface area contributed by atoms with Gasteiger partial charge >= 0.3 is 5.97 Å². The van der Waals surface area contributed by atoms with E-state index in [2.05, 4.69) is 4.98 Å². The number of carboxylic acids is 1. The molecule has 0 saturated carbocycles. The van der Waals surface area contributed by atoms with Gasteiger partial charge in [0.25, 0.3) is 5.69 Å². The summed E-state index contributed by atoms with van der Waals surface area (Å²) in [7, 11) is 0. The first-order valence-electron chi connectivity index (χ1n) is 6.29. The van der Waals surface area contributed by atoms with Crippen LogP contribution in [0.1, 0.15) is 30.7 Å². The molecule has 0 saturated heterocycles. The Hall–Kier alpha value is -1.67. The number of hydrogen-bond acceptors (Lipinski definition) is 6. The van der Waals surface area contributed by atoms with E-state index in [1.807, 2.05) is 0 Å². The Morgan fingerprint density at radius 3 is 2.62 bits per heavy atom. The zero-order valence-electron chi connectivity index (χ0n) is 12.4. The number of aromatic nitrogens is 1. The van der Waals surface area contributed by atoms with Crippen molar-refractivity contribution in [2.45, 2.75) is 44.2 Å². The van der Waals surface area contributed by atoms with E-state index in [0.717, 1.165) is 0 Å². The molecule has 1 atom stereocenters. The number of pyridine rings is 1. The van der Waals surface area contributed by atoms with Crippen molar-refractivity contribution < 1.29 is 14.8 Å². The van der Waals surface area contributed by atoms with Crippen LogP contribution < -0.4 is 5.73 Å². The highest BCUT2D eigenvalue weighted by Gasteiger charge is 2.33. The van der Waals surface area contributed by atoms with Crippen molar-refractivity contribution in [2.24, 2.45) is 5.73 Å². The van der Waals surface area contributed by atoms with Crippen LogP contribution in [0.2, 0.25) is 0 Å². The maximum atomic E-state index is 11.1. The van der Waals surface area contributed by atoms with Crippen molar-refractivity contribution >= 4 is 23.4 Å². The maximum absolute atomic E-state index is 11.1. The van der Waals surface area contributed by atoms with E-state index < -0.39 is 21.7 Å². The third kappa shape index (κ3) is 3.92. The van der Waals surface area contributed by atoms with Crippen molar-refractivity contribution in [1.82, 2.24) is 4.98 Å². The number of nitrogens with two attached hydrogens (primary N) is 1. The smallest absolute Gasteiger partial charge is 0.321 e. The molecule has 1 aromatic heterocycles. The van der Waals surface area contributed by atoms with Crippen LogP contribution in [-0.4, -0.2) is 31.8 Å². The van der Waals surface area contributed by atoms with Crippen molar-refractivity contribution in [3.63, 3.8) is 0 Å². The Morgan fingerprint density at radius 2 is 2.14 bits per heavy atom. The number of rotatable bonds is 6. The summed E-state index contributed by atoms with van der Waals surface area (Å²) in [4.78, 5) is 25.8. The van der Waals surface area contributed by atoms with Crippen molar-refractivity contribution in [3.05, 3.63) is 33.1 Å². The van der Waals surface area contributed by atoms with Gasteiger partial charge in [-0.25, -0.2) is 0 Å². The molecule has 0 unspecified atom stereocenters. The fourth-order valence-electron chi connectivity index (χ4n) is 1.83. The third-order valence-corrected chi connectivity index (χ3v) is 4.77. The van der Waals surface area contributed by atoms with Gasteiger partial charge in [-0.2, -0.15) is 0 Å². The number of aryl methyl sites for hydroxylation is 1. The Bertz CT molecular complexity index is 575. The highest BCUT2D eigenvalue weighted by Crippen LogP contribution is 2.33. The van der Waals surface area contributed by atoms with Gasteiger partial charge in [0, 0.05) is 27.8 Å². The summed E-state index contributed by atoms with van der Waals surface area (Å²) in [5.74, 6) is -0.715. The normalized spacial score (nSPS) is 13.0. The summed E-state index contributed by atoms with van der Waals surface area (Å²) in [6.45, 7) is 6.75. The summed E-state index contributed by atoms with van der Waals surface area (Å²) in [6, 6.07) is -1.02. The van der Waals surface area contributed by atoms with Gasteiger partial charge in [-0.05, 0) is 27.7 Å². The lowest BCUT2D eigenvalue weighted by Crippen LogP contribution is -2.46. The number of nitrogens with zero attached hydrogens (tertiary/aromatic N) is 2. The average molecular weight is 313 g/mol. The number of thioether (sulfide) groups is 1. The van der Waals surface area contributed by atoms with Gasteiger partial charge in [0.2, 0.25) is 0 Å². The monoisotopic (exact) mass is 313 g/mol. The Morgan fingerprint density at radius 1 is 1.57 bits per heavy atom. The molecule has 0 bridgehead atoms. The maximum Gasteiger partial charge on any atom is 0.321 e. The van der Waals surface area contributed by atoms with Crippen LogP contribution in [0.4, 0.5) is 5.69 Å². The molecule has 0 aromatic carbocycles. The minimum Gasteiger partial charge on any atom is -0.480 e. The average Bonchev–Trinajstić information content (AvgIpc) is 2.36. The standard InChI is InChI=1S/C13H19N3O4S/c1-7-5-15-9(8(2)10(7)16(19)20)6-21-13(3,4)11(14)12(17)18/h5,11H,6,14H2,1-4H3,(H,17,18)/t11-/m1/s1. The van der Waals surface area contributed by atoms with E-state index in [9.17, 15) is 14.9 Å². The molecule has 1 rings (SSSR count). The number of aliphatic carboxylic acids is 1. The predicted molar refractivity (Wildman–Crippen MR) is 81.4 cm³/mol. The number of carbonyl (C=O) groups is 1. The molecule has 0 spiro atoms. The van der Waals surface area contributed by atoms with Crippen LogP contribution in [0.25, 0.3) is 0 Å². The van der Waals surface area contributed by atoms with Crippen molar-refractivity contribution in [3.8, 4) is 0 Å². The van der Waals surface area contributed by atoms with E-state index in [1.54, 1.807) is 27.7 Å². The molecule has 0 aliphatic carbocycles. The second kappa shape index (κ2) is 6.40. The molecule has 0 aliphatic rings. The van der Waals surface area contributed by atoms with Crippen LogP contribution in [0, 0.1) is 24.0 Å². The molecule has 3 N–H and O–H groups in total. The SMILES string of the molecule is Cc1cnc(CSC(C)(C)[C@H](N)C(=O)O)c(C)c1[N+](=O)[O-]. The van der Waals surface area contributed by atoms with E-state index in [1.165, 1.54) is 18.0 Å². The van der Waals surface area contributed by atoms with Gasteiger partial charge in [-0.1, -0.05) is 0 Å². The largest absolute Gasteiger partial charge is 0.480 e. The van der Waals surface area contributed by atoms with Crippen LogP contribution >= 0.6 is 11.8 Å². The molecular formula is C13H19N3O4S. The summed E-state index contributed by atoms with van der Waals surface area (Å²) >= 11 is 1.32. The van der Waals surface area contributed by atoms with Crippen LogP contribution in [0.5, 0.6) is 0 Å². The lowest BCUT2D eigenvalue weighted by Gasteiger charge is -2.28. The van der Waals surface area contributed by atoms with E-state index in [-0.39, 0.29) is 5.69 Å². The third-order valence-electron chi connectivity index (χ3n) is 3.35. The van der Waals surface area contributed by atoms with E-state index >= 15 is 0 Å². The Kier molecular flexibility index (Phi) is 5.30. The fourth-order valence-corrected chi connectivity index (χ4v) is 2.91. The topological polar surface area (TPSA) is 119 Å². The second-order valence-electron chi connectivity index (χ2n) is 5.33. The molecule has 1 aromatic rings. The second-order valence-corrected chi connectivity index (χ2v) is 6.96. The van der Waals surface area contributed by atoms with Gasteiger partial charge in [-0.15, -0.1) is 11.8 Å². The lowest BCUT2D eigenvalue weighted by molar-refractivity contribution is -0.386.